The van der Waals surface area contributed by atoms with Gasteiger partial charge < -0.3 is 5.11 Å². The number of rotatable bonds is 6. The summed E-state index contributed by atoms with van der Waals surface area (Å²) >= 11 is 3.28. The number of aliphatic carboxylic acids is 1. The van der Waals surface area contributed by atoms with Gasteiger partial charge in [0.15, 0.2) is 0 Å². The van der Waals surface area contributed by atoms with Gasteiger partial charge in [0.1, 0.15) is 0 Å². The summed E-state index contributed by atoms with van der Waals surface area (Å²) in [6, 6.07) is 5.03. The van der Waals surface area contributed by atoms with Gasteiger partial charge >= 0.3 is 5.97 Å². The molecule has 0 aromatic heterocycles. The van der Waals surface area contributed by atoms with Crippen molar-refractivity contribution < 1.29 is 18.3 Å². The molecule has 5 nitrogen and oxygen atoms in total. The molecule has 1 aliphatic carbocycles. The van der Waals surface area contributed by atoms with E-state index >= 15 is 0 Å². The molecule has 0 heterocycles. The minimum atomic E-state index is -3.65. The van der Waals surface area contributed by atoms with Crippen LogP contribution in [0.25, 0.3) is 0 Å². The Kier molecular flexibility index (Phi) is 4.51. The summed E-state index contributed by atoms with van der Waals surface area (Å²) in [5.41, 5.74) is 0.661. The van der Waals surface area contributed by atoms with Crippen LogP contribution in [-0.2, 0) is 14.8 Å². The van der Waals surface area contributed by atoms with Crippen LogP contribution < -0.4 is 0 Å². The van der Waals surface area contributed by atoms with Crippen molar-refractivity contribution in [2.75, 3.05) is 6.54 Å². The van der Waals surface area contributed by atoms with Crippen molar-refractivity contribution >= 4 is 31.9 Å². The van der Waals surface area contributed by atoms with Gasteiger partial charge in [0.2, 0.25) is 10.0 Å². The number of benzene rings is 1. The molecule has 0 bridgehead atoms. The average molecular weight is 362 g/mol. The summed E-state index contributed by atoms with van der Waals surface area (Å²) in [5, 5.41) is 8.77. The van der Waals surface area contributed by atoms with Gasteiger partial charge in [0.25, 0.3) is 0 Å². The fourth-order valence-electron chi connectivity index (χ4n) is 2.05. The molecule has 0 amide bonds. The Balaban J connectivity index is 2.35. The second-order valence-corrected chi connectivity index (χ2v) is 7.68. The highest BCUT2D eigenvalue weighted by Crippen LogP contribution is 2.33. The molecule has 0 spiro atoms. The van der Waals surface area contributed by atoms with E-state index < -0.39 is 16.0 Å². The fraction of sp³-hybridized carbons (Fsp3) is 0.462. The second kappa shape index (κ2) is 5.83. The van der Waals surface area contributed by atoms with E-state index in [1.165, 1.54) is 4.31 Å². The molecule has 1 aliphatic rings. The molecule has 20 heavy (non-hydrogen) atoms. The van der Waals surface area contributed by atoms with Gasteiger partial charge in [-0.05, 0) is 37.5 Å². The van der Waals surface area contributed by atoms with Crippen molar-refractivity contribution in [3.05, 3.63) is 28.2 Å². The molecule has 0 atom stereocenters. The van der Waals surface area contributed by atoms with Crippen molar-refractivity contribution in [3.63, 3.8) is 0 Å². The number of carboxylic acids is 1. The molecule has 0 saturated heterocycles. The molecular weight excluding hydrogens is 346 g/mol. The Hall–Kier alpha value is -0.920. The predicted molar refractivity (Wildman–Crippen MR) is 78.0 cm³/mol. The second-order valence-electron chi connectivity index (χ2n) is 4.90. The Morgan fingerprint density at radius 3 is 2.65 bits per heavy atom. The van der Waals surface area contributed by atoms with Crippen molar-refractivity contribution in [1.29, 1.82) is 0 Å². The number of hydrogen-bond donors (Lipinski definition) is 1. The summed E-state index contributed by atoms with van der Waals surface area (Å²) in [7, 11) is -3.65. The largest absolute Gasteiger partial charge is 0.481 e. The van der Waals surface area contributed by atoms with Gasteiger partial charge in [0.05, 0.1) is 11.3 Å². The lowest BCUT2D eigenvalue weighted by molar-refractivity contribution is -0.137. The first-order valence-electron chi connectivity index (χ1n) is 6.32. The lowest BCUT2D eigenvalue weighted by Crippen LogP contribution is -2.35. The zero-order valence-corrected chi connectivity index (χ0v) is 13.4. The molecular formula is C13H16BrNO4S. The number of carboxylic acid groups (broad SMARTS) is 1. The maximum Gasteiger partial charge on any atom is 0.304 e. The number of aryl methyl sites for hydroxylation is 1. The van der Waals surface area contributed by atoms with Crippen LogP contribution in [0.15, 0.2) is 27.6 Å². The Labute approximate surface area is 126 Å². The third kappa shape index (κ3) is 3.39. The highest BCUT2D eigenvalue weighted by atomic mass is 79.9. The summed E-state index contributed by atoms with van der Waals surface area (Å²) in [5.74, 6) is -0.989. The smallest absolute Gasteiger partial charge is 0.304 e. The monoisotopic (exact) mass is 361 g/mol. The van der Waals surface area contributed by atoms with Gasteiger partial charge in [0, 0.05) is 17.1 Å². The average Bonchev–Trinajstić information content (AvgIpc) is 3.16. The number of nitrogens with zero attached hydrogens (tertiary/aromatic N) is 1. The van der Waals surface area contributed by atoms with E-state index in [0.29, 0.717) is 10.0 Å². The van der Waals surface area contributed by atoms with E-state index in [9.17, 15) is 13.2 Å². The Morgan fingerprint density at radius 1 is 1.45 bits per heavy atom. The maximum atomic E-state index is 12.7. The van der Waals surface area contributed by atoms with E-state index in [1.807, 2.05) is 0 Å². The predicted octanol–water partition coefficient (Wildman–Crippen LogP) is 2.39. The van der Waals surface area contributed by atoms with Crippen LogP contribution in [0, 0.1) is 6.92 Å². The van der Waals surface area contributed by atoms with Gasteiger partial charge in [-0.25, -0.2) is 8.42 Å². The molecule has 1 N–H and O–H groups in total. The molecule has 0 unspecified atom stereocenters. The normalized spacial score (nSPS) is 15.6. The van der Waals surface area contributed by atoms with Crippen LogP contribution in [0.1, 0.15) is 24.8 Å². The third-order valence-corrected chi connectivity index (χ3v) is 5.82. The van der Waals surface area contributed by atoms with E-state index in [0.717, 1.165) is 12.8 Å². The standard InChI is InChI=1S/C13H16BrNO4S/c1-9-2-3-10(14)8-12(9)20(18,19)15(11-4-5-11)7-6-13(16)17/h2-3,8,11H,4-7H2,1H3,(H,16,17). The fourth-order valence-corrected chi connectivity index (χ4v) is 4.50. The number of sulfonamides is 1. The van der Waals surface area contributed by atoms with Crippen molar-refractivity contribution in [3.8, 4) is 0 Å². The minimum Gasteiger partial charge on any atom is -0.481 e. The SMILES string of the molecule is Cc1ccc(Br)cc1S(=O)(=O)N(CCC(=O)O)C1CC1. The van der Waals surface area contributed by atoms with Crippen LogP contribution in [-0.4, -0.2) is 36.4 Å². The number of carbonyl (C=O) groups is 1. The molecule has 0 aliphatic heterocycles. The molecule has 7 heteroatoms. The van der Waals surface area contributed by atoms with Gasteiger partial charge in [-0.1, -0.05) is 22.0 Å². The van der Waals surface area contributed by atoms with Crippen LogP contribution in [0.4, 0.5) is 0 Å². The highest BCUT2D eigenvalue weighted by molar-refractivity contribution is 9.10. The van der Waals surface area contributed by atoms with Gasteiger partial charge in [-0.15, -0.1) is 0 Å². The molecule has 1 aromatic carbocycles. The summed E-state index contributed by atoms with van der Waals surface area (Å²) in [6.07, 6.45) is 1.42. The van der Waals surface area contributed by atoms with Crippen LogP contribution in [0.2, 0.25) is 0 Å². The summed E-state index contributed by atoms with van der Waals surface area (Å²) in [6.45, 7) is 1.76. The zero-order valence-electron chi connectivity index (χ0n) is 11.0. The highest BCUT2D eigenvalue weighted by Gasteiger charge is 2.38. The molecule has 2 rings (SSSR count). The van der Waals surface area contributed by atoms with Crippen molar-refractivity contribution in [1.82, 2.24) is 4.31 Å². The third-order valence-electron chi connectivity index (χ3n) is 3.24. The summed E-state index contributed by atoms with van der Waals surface area (Å²) < 4.78 is 27.4. The van der Waals surface area contributed by atoms with E-state index in [4.69, 9.17) is 5.11 Å². The molecule has 0 radical (unpaired) electrons. The van der Waals surface area contributed by atoms with E-state index in [2.05, 4.69) is 15.9 Å². The molecule has 110 valence electrons. The zero-order chi connectivity index (χ0) is 14.9. The number of hydrogen-bond acceptors (Lipinski definition) is 3. The quantitative estimate of drug-likeness (QED) is 0.843. The summed E-state index contributed by atoms with van der Waals surface area (Å²) in [4.78, 5) is 10.9. The lowest BCUT2D eigenvalue weighted by Gasteiger charge is -2.22. The lowest BCUT2D eigenvalue weighted by atomic mass is 10.2. The van der Waals surface area contributed by atoms with Crippen LogP contribution >= 0.6 is 15.9 Å². The van der Waals surface area contributed by atoms with E-state index in [1.54, 1.807) is 25.1 Å². The number of halogens is 1. The van der Waals surface area contributed by atoms with Crippen LogP contribution in [0.3, 0.4) is 0 Å². The first-order chi connectivity index (χ1) is 9.32. The van der Waals surface area contributed by atoms with Gasteiger partial charge in [-0.2, -0.15) is 4.31 Å². The Morgan fingerprint density at radius 2 is 2.10 bits per heavy atom. The Bertz CT molecular complexity index is 625. The molecule has 1 fully saturated rings. The minimum absolute atomic E-state index is 0.0221. The molecule has 1 aromatic rings. The topological polar surface area (TPSA) is 74.7 Å². The first-order valence-corrected chi connectivity index (χ1v) is 8.55. The van der Waals surface area contributed by atoms with Crippen molar-refractivity contribution in [2.24, 2.45) is 0 Å². The van der Waals surface area contributed by atoms with E-state index in [-0.39, 0.29) is 23.9 Å². The maximum absolute atomic E-state index is 12.7. The molecule has 1 saturated carbocycles. The first kappa shape index (κ1) is 15.5. The van der Waals surface area contributed by atoms with Crippen molar-refractivity contribution in [2.45, 2.75) is 37.1 Å². The van der Waals surface area contributed by atoms with Gasteiger partial charge in [-0.3, -0.25) is 4.79 Å². The van der Waals surface area contributed by atoms with Crippen LogP contribution in [0.5, 0.6) is 0 Å².